The largest absolute Gasteiger partial charge is 0.496 e. The molecule has 0 radical (unpaired) electrons. The van der Waals surface area contributed by atoms with Gasteiger partial charge in [0, 0.05) is 40.6 Å². The van der Waals surface area contributed by atoms with E-state index in [0.29, 0.717) is 27.6 Å². The van der Waals surface area contributed by atoms with Crippen molar-refractivity contribution in [3.8, 4) is 5.75 Å². The van der Waals surface area contributed by atoms with Gasteiger partial charge in [0.2, 0.25) is 0 Å². The second-order valence-electron chi connectivity index (χ2n) is 6.79. The van der Waals surface area contributed by atoms with Gasteiger partial charge < -0.3 is 20.1 Å². The molecule has 2 heterocycles. The number of hydrogen-bond donors (Lipinski definition) is 2. The van der Waals surface area contributed by atoms with Gasteiger partial charge in [-0.25, -0.2) is 0 Å². The average molecular weight is 373 g/mol. The number of piperidine rings is 1. The molecule has 0 spiro atoms. The molecule has 2 aliphatic heterocycles. The summed E-state index contributed by atoms with van der Waals surface area (Å²) in [5.41, 5.74) is 0.590. The second-order valence-corrected chi connectivity index (χ2v) is 7.22. The van der Waals surface area contributed by atoms with Crippen LogP contribution in [0.3, 0.4) is 0 Å². The van der Waals surface area contributed by atoms with Crippen molar-refractivity contribution >= 4 is 28.9 Å². The van der Waals surface area contributed by atoms with Crippen molar-refractivity contribution in [3.63, 3.8) is 0 Å². The van der Waals surface area contributed by atoms with Crippen LogP contribution in [-0.4, -0.2) is 31.2 Å². The summed E-state index contributed by atoms with van der Waals surface area (Å²) in [6, 6.07) is 10.7. The normalized spacial score (nSPS) is 22.1. The molecule has 136 valence electrons. The van der Waals surface area contributed by atoms with E-state index in [-0.39, 0.29) is 0 Å². The molecular weight excluding hydrogens is 352 g/mol. The maximum atomic E-state index is 12.7. The number of nitrogens with zero attached hydrogens (tertiary/aromatic N) is 1. The molecule has 2 aliphatic rings. The molecular formula is C20H21ClN2O3. The number of hydrogen-bond acceptors (Lipinski definition) is 4. The molecule has 0 aromatic heterocycles. The molecule has 0 aliphatic carbocycles. The van der Waals surface area contributed by atoms with Crippen LogP contribution in [0.4, 0.5) is 11.4 Å². The number of nitrogens with one attached hydrogen (secondary N) is 1. The first kappa shape index (κ1) is 17.2. The van der Waals surface area contributed by atoms with E-state index in [1.54, 1.807) is 18.2 Å². The molecule has 2 N–H and O–H groups in total. The maximum Gasteiger partial charge on any atom is 0.266 e. The summed E-state index contributed by atoms with van der Waals surface area (Å²) in [7, 11) is 1.54. The Bertz CT molecular complexity index is 864. The smallest absolute Gasteiger partial charge is 0.266 e. The van der Waals surface area contributed by atoms with Crippen molar-refractivity contribution in [1.82, 2.24) is 0 Å². The number of carbonyl (C=O) groups is 1. The number of halogens is 1. The number of fused-ring (bicyclic) bond motifs is 1. The van der Waals surface area contributed by atoms with Crippen LogP contribution in [0.15, 0.2) is 36.4 Å². The Kier molecular flexibility index (Phi) is 4.29. The fraction of sp³-hybridized carbons (Fsp3) is 0.350. The zero-order valence-electron chi connectivity index (χ0n) is 14.6. The zero-order chi connectivity index (χ0) is 18.3. The fourth-order valence-electron chi connectivity index (χ4n) is 3.85. The van der Waals surface area contributed by atoms with Crippen molar-refractivity contribution in [2.24, 2.45) is 0 Å². The van der Waals surface area contributed by atoms with E-state index in [9.17, 15) is 9.90 Å². The van der Waals surface area contributed by atoms with Crippen LogP contribution < -0.4 is 15.0 Å². The Balaban J connectivity index is 1.86. The lowest BCUT2D eigenvalue weighted by Crippen LogP contribution is -2.36. The van der Waals surface area contributed by atoms with Gasteiger partial charge in [-0.15, -0.1) is 0 Å². The molecule has 2 aromatic carbocycles. The van der Waals surface area contributed by atoms with E-state index >= 15 is 0 Å². The van der Waals surface area contributed by atoms with E-state index in [1.807, 2.05) is 18.2 Å². The van der Waals surface area contributed by atoms with Crippen molar-refractivity contribution in [1.29, 1.82) is 0 Å². The standard InChI is InChI=1S/C20H21ClN2O3/c1-26-18-8-6-14(23-9-3-2-4-10-23)12-16(18)20(25)15-11-13(21)5-7-17(15)22-19(20)24/h5-8,11-12,25H,2-4,9-10H2,1H3,(H,22,24). The molecule has 6 heteroatoms. The quantitative estimate of drug-likeness (QED) is 0.865. The maximum absolute atomic E-state index is 12.7. The zero-order valence-corrected chi connectivity index (χ0v) is 15.3. The molecule has 1 saturated heterocycles. The average Bonchev–Trinajstić information content (AvgIpc) is 2.93. The van der Waals surface area contributed by atoms with E-state index in [4.69, 9.17) is 16.3 Å². The number of carbonyl (C=O) groups excluding carboxylic acids is 1. The number of anilines is 2. The minimum Gasteiger partial charge on any atom is -0.496 e. The lowest BCUT2D eigenvalue weighted by Gasteiger charge is -2.31. The highest BCUT2D eigenvalue weighted by Crippen LogP contribution is 2.46. The molecule has 5 nitrogen and oxygen atoms in total. The van der Waals surface area contributed by atoms with Gasteiger partial charge in [-0.2, -0.15) is 0 Å². The third-order valence-electron chi connectivity index (χ3n) is 5.24. The van der Waals surface area contributed by atoms with Crippen molar-refractivity contribution in [2.45, 2.75) is 24.9 Å². The summed E-state index contributed by atoms with van der Waals surface area (Å²) >= 11 is 6.12. The lowest BCUT2D eigenvalue weighted by molar-refractivity contribution is -0.129. The molecule has 0 saturated carbocycles. The molecule has 4 rings (SSSR count). The first-order valence-electron chi connectivity index (χ1n) is 8.81. The van der Waals surface area contributed by atoms with Crippen LogP contribution in [0.5, 0.6) is 5.75 Å². The van der Waals surface area contributed by atoms with Crippen LogP contribution in [0, 0.1) is 0 Å². The number of methoxy groups -OCH3 is 1. The molecule has 1 amide bonds. The first-order valence-corrected chi connectivity index (χ1v) is 9.19. The van der Waals surface area contributed by atoms with Gasteiger partial charge in [-0.05, 0) is 55.7 Å². The minimum atomic E-state index is -1.84. The topological polar surface area (TPSA) is 61.8 Å². The summed E-state index contributed by atoms with van der Waals surface area (Å²) in [5, 5.41) is 14.7. The van der Waals surface area contributed by atoms with E-state index in [2.05, 4.69) is 10.2 Å². The molecule has 0 bridgehead atoms. The summed E-state index contributed by atoms with van der Waals surface area (Å²) in [6.07, 6.45) is 3.52. The monoisotopic (exact) mass is 372 g/mol. The van der Waals surface area contributed by atoms with Crippen molar-refractivity contribution in [3.05, 3.63) is 52.5 Å². The van der Waals surface area contributed by atoms with E-state index in [0.717, 1.165) is 31.6 Å². The SMILES string of the molecule is COc1ccc(N2CCCCC2)cc1C1(O)C(=O)Nc2ccc(Cl)cc21. The molecule has 1 unspecified atom stereocenters. The van der Waals surface area contributed by atoms with Crippen LogP contribution >= 0.6 is 11.6 Å². The number of benzene rings is 2. The van der Waals surface area contributed by atoms with Gasteiger partial charge >= 0.3 is 0 Å². The summed E-state index contributed by atoms with van der Waals surface area (Å²) in [5.74, 6) is -0.0277. The van der Waals surface area contributed by atoms with E-state index < -0.39 is 11.5 Å². The Hall–Kier alpha value is -2.24. The Morgan fingerprint density at radius 2 is 1.88 bits per heavy atom. The molecule has 26 heavy (non-hydrogen) atoms. The van der Waals surface area contributed by atoms with Gasteiger partial charge in [0.25, 0.3) is 5.91 Å². The summed E-state index contributed by atoms with van der Waals surface area (Å²) < 4.78 is 5.47. The Morgan fingerprint density at radius 1 is 1.12 bits per heavy atom. The molecule has 2 aromatic rings. The Morgan fingerprint density at radius 3 is 2.62 bits per heavy atom. The van der Waals surface area contributed by atoms with Gasteiger partial charge in [-0.1, -0.05) is 11.6 Å². The second kappa shape index (κ2) is 6.49. The van der Waals surface area contributed by atoms with E-state index in [1.165, 1.54) is 13.5 Å². The molecule has 1 fully saturated rings. The Labute approximate surface area is 157 Å². The highest BCUT2D eigenvalue weighted by Gasteiger charge is 2.49. The third-order valence-corrected chi connectivity index (χ3v) is 5.48. The predicted octanol–water partition coefficient (Wildman–Crippen LogP) is 3.53. The van der Waals surface area contributed by atoms with Crippen molar-refractivity contribution < 1.29 is 14.6 Å². The van der Waals surface area contributed by atoms with Crippen LogP contribution in [0.25, 0.3) is 0 Å². The van der Waals surface area contributed by atoms with Crippen LogP contribution in [0.1, 0.15) is 30.4 Å². The fourth-order valence-corrected chi connectivity index (χ4v) is 4.03. The van der Waals surface area contributed by atoms with Gasteiger partial charge in [0.15, 0.2) is 5.60 Å². The number of ether oxygens (including phenoxy) is 1. The number of amides is 1. The molecule has 1 atom stereocenters. The van der Waals surface area contributed by atoms with Crippen LogP contribution in [0.2, 0.25) is 5.02 Å². The minimum absolute atomic E-state index is 0.432. The van der Waals surface area contributed by atoms with Gasteiger partial charge in [0.1, 0.15) is 5.75 Å². The van der Waals surface area contributed by atoms with Crippen LogP contribution in [-0.2, 0) is 10.4 Å². The van der Waals surface area contributed by atoms with Gasteiger partial charge in [-0.3, -0.25) is 4.79 Å². The summed E-state index contributed by atoms with van der Waals surface area (Å²) in [6.45, 7) is 1.94. The third kappa shape index (κ3) is 2.63. The number of rotatable bonds is 3. The highest BCUT2D eigenvalue weighted by molar-refractivity contribution is 6.31. The van der Waals surface area contributed by atoms with Gasteiger partial charge in [0.05, 0.1) is 7.11 Å². The van der Waals surface area contributed by atoms with Crippen molar-refractivity contribution in [2.75, 3.05) is 30.4 Å². The highest BCUT2D eigenvalue weighted by atomic mass is 35.5. The number of aliphatic hydroxyl groups is 1. The summed E-state index contributed by atoms with van der Waals surface area (Å²) in [4.78, 5) is 15.0. The lowest BCUT2D eigenvalue weighted by atomic mass is 9.86. The predicted molar refractivity (Wildman–Crippen MR) is 102 cm³/mol. The first-order chi connectivity index (χ1) is 12.5.